The molecule has 0 bridgehead atoms. The van der Waals surface area contributed by atoms with Gasteiger partial charge < -0.3 is 20.5 Å². The van der Waals surface area contributed by atoms with Crippen molar-refractivity contribution in [3.05, 3.63) is 17.7 Å². The van der Waals surface area contributed by atoms with E-state index in [2.05, 4.69) is 5.32 Å². The predicted octanol–water partition coefficient (Wildman–Crippen LogP) is 0.663. The first-order valence-corrected chi connectivity index (χ1v) is 5.09. The van der Waals surface area contributed by atoms with Crippen LogP contribution in [0.2, 0.25) is 0 Å². The molecule has 0 unspecified atom stereocenters. The Labute approximate surface area is 93.5 Å². The van der Waals surface area contributed by atoms with Crippen LogP contribution in [0.3, 0.4) is 0 Å². The van der Waals surface area contributed by atoms with Crippen molar-refractivity contribution < 1.29 is 14.3 Å². The number of hydrogen-bond acceptors (Lipinski definition) is 4. The summed E-state index contributed by atoms with van der Waals surface area (Å²) in [5, 5.41) is 2.95. The molecule has 0 saturated carbocycles. The number of fused-ring (bicyclic) bond motifs is 1. The van der Waals surface area contributed by atoms with Crippen LogP contribution in [0.1, 0.15) is 5.56 Å². The van der Waals surface area contributed by atoms with Gasteiger partial charge in [-0.1, -0.05) is 0 Å². The summed E-state index contributed by atoms with van der Waals surface area (Å²) in [7, 11) is 0. The van der Waals surface area contributed by atoms with Crippen molar-refractivity contribution in [1.82, 2.24) is 0 Å². The molecular formula is C11H14N2O3. The molecule has 1 aromatic carbocycles. The molecule has 0 saturated heterocycles. The average molecular weight is 222 g/mol. The van der Waals surface area contributed by atoms with E-state index in [0.717, 1.165) is 17.0 Å². The second kappa shape index (κ2) is 4.30. The molecule has 86 valence electrons. The third kappa shape index (κ3) is 2.18. The fourth-order valence-corrected chi connectivity index (χ4v) is 1.56. The summed E-state index contributed by atoms with van der Waals surface area (Å²) in [6.45, 7) is 3.16. The Morgan fingerprint density at radius 3 is 2.62 bits per heavy atom. The third-order valence-corrected chi connectivity index (χ3v) is 2.34. The highest BCUT2D eigenvalue weighted by Crippen LogP contribution is 2.35. The molecular weight excluding hydrogens is 208 g/mol. The van der Waals surface area contributed by atoms with Crippen molar-refractivity contribution in [3.8, 4) is 11.5 Å². The van der Waals surface area contributed by atoms with Gasteiger partial charge in [-0.25, -0.2) is 0 Å². The third-order valence-electron chi connectivity index (χ3n) is 2.34. The van der Waals surface area contributed by atoms with Crippen LogP contribution in [0.15, 0.2) is 12.1 Å². The summed E-state index contributed by atoms with van der Waals surface area (Å²) < 4.78 is 10.9. The van der Waals surface area contributed by atoms with Crippen molar-refractivity contribution >= 4 is 11.6 Å². The number of hydrogen-bond donors (Lipinski definition) is 2. The van der Waals surface area contributed by atoms with E-state index < -0.39 is 5.91 Å². The van der Waals surface area contributed by atoms with Gasteiger partial charge in [0.05, 0.1) is 6.54 Å². The van der Waals surface area contributed by atoms with Gasteiger partial charge in [-0.2, -0.15) is 0 Å². The maximum Gasteiger partial charge on any atom is 0.236 e. The van der Waals surface area contributed by atoms with Crippen molar-refractivity contribution in [3.63, 3.8) is 0 Å². The topological polar surface area (TPSA) is 73.6 Å². The molecule has 0 atom stereocenters. The van der Waals surface area contributed by atoms with Crippen molar-refractivity contribution in [2.45, 2.75) is 6.92 Å². The number of nitrogens with one attached hydrogen (secondary N) is 1. The summed E-state index contributed by atoms with van der Waals surface area (Å²) in [4.78, 5) is 10.7. The monoisotopic (exact) mass is 222 g/mol. The normalized spacial score (nSPS) is 13.3. The van der Waals surface area contributed by atoms with Crippen molar-refractivity contribution in [1.29, 1.82) is 0 Å². The number of anilines is 1. The van der Waals surface area contributed by atoms with E-state index in [1.165, 1.54) is 0 Å². The first kappa shape index (κ1) is 10.6. The van der Waals surface area contributed by atoms with Crippen LogP contribution >= 0.6 is 0 Å². The molecule has 0 aliphatic carbocycles. The molecule has 3 N–H and O–H groups in total. The lowest BCUT2D eigenvalue weighted by Crippen LogP contribution is -2.22. The maximum atomic E-state index is 10.7. The van der Waals surface area contributed by atoms with E-state index in [-0.39, 0.29) is 6.54 Å². The highest BCUT2D eigenvalue weighted by Gasteiger charge is 2.14. The summed E-state index contributed by atoms with van der Waals surface area (Å²) in [6.07, 6.45) is 0. The van der Waals surface area contributed by atoms with Gasteiger partial charge in [0.1, 0.15) is 13.2 Å². The van der Waals surface area contributed by atoms with Crippen LogP contribution in [-0.2, 0) is 4.79 Å². The molecule has 0 radical (unpaired) electrons. The average Bonchev–Trinajstić information content (AvgIpc) is 2.26. The fraction of sp³-hybridized carbons (Fsp3) is 0.364. The Balaban J connectivity index is 2.21. The molecule has 0 spiro atoms. The van der Waals surface area contributed by atoms with Crippen LogP contribution in [0, 0.1) is 6.92 Å². The SMILES string of the molecule is Cc1cc2c(cc1NCC(N)=O)OCCO2. The first-order chi connectivity index (χ1) is 7.66. The number of rotatable bonds is 3. The molecule has 16 heavy (non-hydrogen) atoms. The van der Waals surface area contributed by atoms with E-state index in [0.29, 0.717) is 19.0 Å². The zero-order chi connectivity index (χ0) is 11.5. The smallest absolute Gasteiger partial charge is 0.236 e. The van der Waals surface area contributed by atoms with E-state index in [9.17, 15) is 4.79 Å². The lowest BCUT2D eigenvalue weighted by molar-refractivity contribution is -0.116. The first-order valence-electron chi connectivity index (χ1n) is 5.09. The van der Waals surface area contributed by atoms with Crippen LogP contribution in [-0.4, -0.2) is 25.7 Å². The highest BCUT2D eigenvalue weighted by atomic mass is 16.6. The minimum atomic E-state index is -0.394. The number of primary amides is 1. The van der Waals surface area contributed by atoms with Gasteiger partial charge in [-0.3, -0.25) is 4.79 Å². The lowest BCUT2D eigenvalue weighted by Gasteiger charge is -2.20. The Hall–Kier alpha value is -1.91. The molecule has 5 nitrogen and oxygen atoms in total. The number of carbonyl (C=O) groups is 1. The number of ether oxygens (including phenoxy) is 2. The second-order valence-electron chi connectivity index (χ2n) is 3.63. The standard InChI is InChI=1S/C11H14N2O3/c1-7-4-9-10(16-3-2-15-9)5-8(7)13-6-11(12)14/h4-5,13H,2-3,6H2,1H3,(H2,12,14). The molecule has 1 aliphatic heterocycles. The van der Waals surface area contributed by atoms with Crippen LogP contribution < -0.4 is 20.5 Å². The van der Waals surface area contributed by atoms with Gasteiger partial charge >= 0.3 is 0 Å². The van der Waals surface area contributed by atoms with Crippen molar-refractivity contribution in [2.24, 2.45) is 5.73 Å². The zero-order valence-electron chi connectivity index (χ0n) is 9.08. The van der Waals surface area contributed by atoms with E-state index in [1.807, 2.05) is 19.1 Å². The Bertz CT molecular complexity index is 418. The molecule has 1 aliphatic rings. The van der Waals surface area contributed by atoms with Crippen LogP contribution in [0.5, 0.6) is 11.5 Å². The van der Waals surface area contributed by atoms with Gasteiger partial charge in [0.25, 0.3) is 0 Å². The number of nitrogens with two attached hydrogens (primary N) is 1. The Morgan fingerprint density at radius 1 is 1.38 bits per heavy atom. The minimum absolute atomic E-state index is 0.112. The molecule has 1 amide bonds. The summed E-state index contributed by atoms with van der Waals surface area (Å²) in [5.74, 6) is 1.05. The number of carbonyl (C=O) groups excluding carboxylic acids is 1. The fourth-order valence-electron chi connectivity index (χ4n) is 1.56. The highest BCUT2D eigenvalue weighted by molar-refractivity contribution is 5.79. The Morgan fingerprint density at radius 2 is 2.00 bits per heavy atom. The zero-order valence-corrected chi connectivity index (χ0v) is 9.08. The van der Waals surface area contributed by atoms with Crippen LogP contribution in [0.25, 0.3) is 0 Å². The molecule has 0 aromatic heterocycles. The molecule has 1 heterocycles. The largest absolute Gasteiger partial charge is 0.486 e. The van der Waals surface area contributed by atoms with Gasteiger partial charge in [0.2, 0.25) is 5.91 Å². The molecule has 5 heteroatoms. The lowest BCUT2D eigenvalue weighted by atomic mass is 10.1. The molecule has 2 rings (SSSR count). The molecule has 1 aromatic rings. The second-order valence-corrected chi connectivity index (χ2v) is 3.63. The minimum Gasteiger partial charge on any atom is -0.486 e. The summed E-state index contributed by atoms with van der Waals surface area (Å²) >= 11 is 0. The van der Waals surface area contributed by atoms with Gasteiger partial charge in [0, 0.05) is 11.8 Å². The van der Waals surface area contributed by atoms with Crippen molar-refractivity contribution in [2.75, 3.05) is 25.1 Å². The predicted molar refractivity (Wildman–Crippen MR) is 59.9 cm³/mol. The van der Waals surface area contributed by atoms with E-state index in [1.54, 1.807) is 0 Å². The van der Waals surface area contributed by atoms with E-state index >= 15 is 0 Å². The summed E-state index contributed by atoms with van der Waals surface area (Å²) in [5.41, 5.74) is 6.90. The molecule has 0 fully saturated rings. The quantitative estimate of drug-likeness (QED) is 0.788. The van der Waals surface area contributed by atoms with Gasteiger partial charge in [0.15, 0.2) is 11.5 Å². The number of amides is 1. The van der Waals surface area contributed by atoms with E-state index in [4.69, 9.17) is 15.2 Å². The number of aryl methyl sites for hydroxylation is 1. The Kier molecular flexibility index (Phi) is 2.85. The number of benzene rings is 1. The van der Waals surface area contributed by atoms with Gasteiger partial charge in [-0.15, -0.1) is 0 Å². The van der Waals surface area contributed by atoms with Crippen LogP contribution in [0.4, 0.5) is 5.69 Å². The summed E-state index contributed by atoms with van der Waals surface area (Å²) in [6, 6.07) is 3.71. The maximum absolute atomic E-state index is 10.7. The van der Waals surface area contributed by atoms with Gasteiger partial charge in [-0.05, 0) is 18.6 Å².